The SMILES string of the molecule is O=C(Nc1ccc(-c2nc3ccncc3[nH]2)cc1)c1ccc(C(=O)O)nc1. The minimum Gasteiger partial charge on any atom is -0.477 e. The Morgan fingerprint density at radius 2 is 1.81 bits per heavy atom. The molecule has 8 nitrogen and oxygen atoms in total. The molecule has 3 aromatic heterocycles. The third kappa shape index (κ3) is 3.36. The van der Waals surface area contributed by atoms with Crippen LogP contribution >= 0.6 is 0 Å². The molecule has 0 saturated heterocycles. The molecule has 0 fully saturated rings. The van der Waals surface area contributed by atoms with E-state index in [9.17, 15) is 9.59 Å². The van der Waals surface area contributed by atoms with E-state index in [0.717, 1.165) is 16.6 Å². The molecule has 4 rings (SSSR count). The fourth-order valence-corrected chi connectivity index (χ4v) is 2.56. The number of hydrogen-bond acceptors (Lipinski definition) is 5. The zero-order valence-corrected chi connectivity index (χ0v) is 13.9. The van der Waals surface area contributed by atoms with Gasteiger partial charge in [0, 0.05) is 23.6 Å². The predicted octanol–water partition coefficient (Wildman–Crippen LogP) is 2.97. The van der Waals surface area contributed by atoms with Gasteiger partial charge in [-0.25, -0.2) is 14.8 Å². The summed E-state index contributed by atoms with van der Waals surface area (Å²) in [5.41, 5.74) is 3.31. The van der Waals surface area contributed by atoms with E-state index in [0.29, 0.717) is 11.5 Å². The van der Waals surface area contributed by atoms with Crippen LogP contribution in [0.1, 0.15) is 20.8 Å². The van der Waals surface area contributed by atoms with Gasteiger partial charge < -0.3 is 15.4 Å². The van der Waals surface area contributed by atoms with Crippen molar-refractivity contribution in [3.05, 3.63) is 72.3 Å². The van der Waals surface area contributed by atoms with E-state index in [-0.39, 0.29) is 17.2 Å². The second-order valence-corrected chi connectivity index (χ2v) is 5.75. The minimum atomic E-state index is -1.14. The van der Waals surface area contributed by atoms with E-state index in [1.54, 1.807) is 24.5 Å². The molecule has 0 aliphatic heterocycles. The Labute approximate surface area is 152 Å². The Kier molecular flexibility index (Phi) is 4.06. The molecule has 0 saturated carbocycles. The summed E-state index contributed by atoms with van der Waals surface area (Å²) in [5, 5.41) is 11.6. The molecule has 132 valence electrons. The van der Waals surface area contributed by atoms with Crippen LogP contribution in [0.3, 0.4) is 0 Å². The molecule has 8 heteroatoms. The zero-order valence-electron chi connectivity index (χ0n) is 13.9. The number of carboxylic acids is 1. The largest absolute Gasteiger partial charge is 0.477 e. The van der Waals surface area contributed by atoms with Crippen LogP contribution in [-0.4, -0.2) is 36.9 Å². The number of carboxylic acid groups (broad SMARTS) is 1. The average molecular weight is 359 g/mol. The highest BCUT2D eigenvalue weighted by Gasteiger charge is 2.10. The van der Waals surface area contributed by atoms with Gasteiger partial charge in [-0.05, 0) is 42.5 Å². The highest BCUT2D eigenvalue weighted by Crippen LogP contribution is 2.21. The van der Waals surface area contributed by atoms with Gasteiger partial charge in [-0.15, -0.1) is 0 Å². The van der Waals surface area contributed by atoms with Crippen molar-refractivity contribution in [2.24, 2.45) is 0 Å². The van der Waals surface area contributed by atoms with E-state index >= 15 is 0 Å². The first kappa shape index (κ1) is 16.4. The number of rotatable bonds is 4. The number of imidazole rings is 1. The lowest BCUT2D eigenvalue weighted by molar-refractivity contribution is 0.0690. The smallest absolute Gasteiger partial charge is 0.354 e. The maximum Gasteiger partial charge on any atom is 0.354 e. The second-order valence-electron chi connectivity index (χ2n) is 5.75. The molecule has 0 aliphatic rings. The summed E-state index contributed by atoms with van der Waals surface area (Å²) in [7, 11) is 0. The summed E-state index contributed by atoms with van der Waals surface area (Å²) >= 11 is 0. The number of amides is 1. The van der Waals surface area contributed by atoms with Crippen molar-refractivity contribution < 1.29 is 14.7 Å². The lowest BCUT2D eigenvalue weighted by Crippen LogP contribution is -2.13. The molecule has 3 heterocycles. The van der Waals surface area contributed by atoms with Crippen LogP contribution in [0.25, 0.3) is 22.4 Å². The summed E-state index contributed by atoms with van der Waals surface area (Å²) < 4.78 is 0. The number of H-pyrrole nitrogens is 1. The zero-order chi connectivity index (χ0) is 18.8. The Morgan fingerprint density at radius 3 is 2.48 bits per heavy atom. The van der Waals surface area contributed by atoms with E-state index in [1.807, 2.05) is 18.2 Å². The number of benzene rings is 1. The van der Waals surface area contributed by atoms with Gasteiger partial charge in [-0.3, -0.25) is 9.78 Å². The second kappa shape index (κ2) is 6.68. The summed E-state index contributed by atoms with van der Waals surface area (Å²) in [5.74, 6) is -0.801. The molecule has 1 aromatic carbocycles. The summed E-state index contributed by atoms with van der Waals surface area (Å²) in [6, 6.07) is 11.7. The molecule has 1 amide bonds. The molecular formula is C19H13N5O3. The van der Waals surface area contributed by atoms with Crippen molar-refractivity contribution in [1.82, 2.24) is 19.9 Å². The van der Waals surface area contributed by atoms with Crippen LogP contribution in [0, 0.1) is 0 Å². The van der Waals surface area contributed by atoms with Crippen LogP contribution in [0.5, 0.6) is 0 Å². The highest BCUT2D eigenvalue weighted by atomic mass is 16.4. The summed E-state index contributed by atoms with van der Waals surface area (Å²) in [6.45, 7) is 0. The molecule has 4 aromatic rings. The van der Waals surface area contributed by atoms with Gasteiger partial charge in [-0.2, -0.15) is 0 Å². The fraction of sp³-hybridized carbons (Fsp3) is 0. The van der Waals surface area contributed by atoms with E-state index < -0.39 is 5.97 Å². The average Bonchev–Trinajstić information content (AvgIpc) is 3.13. The molecule has 0 aliphatic carbocycles. The lowest BCUT2D eigenvalue weighted by atomic mass is 10.2. The minimum absolute atomic E-state index is 0.114. The number of hydrogen-bond donors (Lipinski definition) is 3. The number of nitrogens with zero attached hydrogens (tertiary/aromatic N) is 3. The summed E-state index contributed by atoms with van der Waals surface area (Å²) in [4.78, 5) is 38.5. The third-order valence-electron chi connectivity index (χ3n) is 3.94. The first-order valence-corrected chi connectivity index (χ1v) is 8.01. The number of carbonyl (C=O) groups is 2. The van der Waals surface area contributed by atoms with Crippen LogP contribution < -0.4 is 5.32 Å². The lowest BCUT2D eigenvalue weighted by Gasteiger charge is -2.06. The van der Waals surface area contributed by atoms with Crippen molar-refractivity contribution in [3.63, 3.8) is 0 Å². The Hall–Kier alpha value is -4.07. The number of fused-ring (bicyclic) bond motifs is 1. The van der Waals surface area contributed by atoms with Crippen LogP contribution in [-0.2, 0) is 0 Å². The number of aromatic nitrogens is 4. The molecule has 0 bridgehead atoms. The topological polar surface area (TPSA) is 121 Å². The number of nitrogens with one attached hydrogen (secondary N) is 2. The van der Waals surface area contributed by atoms with Gasteiger partial charge >= 0.3 is 5.97 Å². The standard InChI is InChI=1S/C19H13N5O3/c25-18(12-3-6-15(19(26)27)21-9-12)22-13-4-1-11(2-5-13)17-23-14-7-8-20-10-16(14)24-17/h1-10H,(H,22,25)(H,23,24)(H,26,27). The van der Waals surface area contributed by atoms with Gasteiger partial charge in [0.1, 0.15) is 11.5 Å². The van der Waals surface area contributed by atoms with Gasteiger partial charge in [0.05, 0.1) is 22.8 Å². The van der Waals surface area contributed by atoms with E-state index in [1.165, 1.54) is 18.3 Å². The number of pyridine rings is 2. The fourth-order valence-electron chi connectivity index (χ4n) is 2.56. The molecular weight excluding hydrogens is 346 g/mol. The number of carbonyl (C=O) groups excluding carboxylic acids is 1. The van der Waals surface area contributed by atoms with Crippen molar-refractivity contribution in [2.75, 3.05) is 5.32 Å². The van der Waals surface area contributed by atoms with Crippen molar-refractivity contribution in [2.45, 2.75) is 0 Å². The van der Waals surface area contributed by atoms with Gasteiger partial charge in [0.15, 0.2) is 0 Å². The van der Waals surface area contributed by atoms with Crippen LogP contribution in [0.15, 0.2) is 61.1 Å². The van der Waals surface area contributed by atoms with Gasteiger partial charge in [0.25, 0.3) is 5.91 Å². The van der Waals surface area contributed by atoms with Gasteiger partial charge in [-0.1, -0.05) is 0 Å². The van der Waals surface area contributed by atoms with Crippen LogP contribution in [0.4, 0.5) is 5.69 Å². The molecule has 27 heavy (non-hydrogen) atoms. The molecule has 0 atom stereocenters. The third-order valence-corrected chi connectivity index (χ3v) is 3.94. The maximum atomic E-state index is 12.2. The number of anilines is 1. The summed E-state index contributed by atoms with van der Waals surface area (Å²) in [6.07, 6.45) is 4.63. The molecule has 0 radical (unpaired) electrons. The normalized spacial score (nSPS) is 10.7. The maximum absolute atomic E-state index is 12.2. The van der Waals surface area contributed by atoms with Gasteiger partial charge in [0.2, 0.25) is 0 Å². The quantitative estimate of drug-likeness (QED) is 0.515. The van der Waals surface area contributed by atoms with Crippen molar-refractivity contribution in [1.29, 1.82) is 0 Å². The number of aromatic carboxylic acids is 1. The first-order valence-electron chi connectivity index (χ1n) is 8.01. The van der Waals surface area contributed by atoms with Crippen LogP contribution in [0.2, 0.25) is 0 Å². The Bertz CT molecular complexity index is 1100. The van der Waals surface area contributed by atoms with E-state index in [4.69, 9.17) is 5.11 Å². The number of aromatic amines is 1. The Morgan fingerprint density at radius 1 is 1.00 bits per heavy atom. The molecule has 3 N–H and O–H groups in total. The molecule has 0 spiro atoms. The highest BCUT2D eigenvalue weighted by molar-refractivity contribution is 6.04. The van der Waals surface area contributed by atoms with Crippen molar-refractivity contribution >= 4 is 28.6 Å². The van der Waals surface area contributed by atoms with E-state index in [2.05, 4.69) is 25.3 Å². The monoisotopic (exact) mass is 359 g/mol. The molecule has 0 unspecified atom stereocenters. The first-order chi connectivity index (χ1) is 13.1. The van der Waals surface area contributed by atoms with Crippen molar-refractivity contribution in [3.8, 4) is 11.4 Å². The predicted molar refractivity (Wildman–Crippen MR) is 98.5 cm³/mol. The Balaban J connectivity index is 1.50.